The molecule has 2 rings (SSSR count). The van der Waals surface area contributed by atoms with Crippen LogP contribution in [0.1, 0.15) is 36.5 Å². The number of hydrogen-bond donors (Lipinski definition) is 2. The smallest absolute Gasteiger partial charge is 0.223 e. The maximum atomic E-state index is 12.2. The van der Waals surface area contributed by atoms with E-state index in [1.165, 1.54) is 6.92 Å². The fourth-order valence-corrected chi connectivity index (χ4v) is 3.28. The largest absolute Gasteiger partial charge is 0.491 e. The van der Waals surface area contributed by atoms with Crippen molar-refractivity contribution in [2.75, 3.05) is 46.5 Å². The van der Waals surface area contributed by atoms with Crippen molar-refractivity contribution in [2.45, 2.75) is 32.3 Å². The van der Waals surface area contributed by atoms with Crippen LogP contribution >= 0.6 is 0 Å². The van der Waals surface area contributed by atoms with Crippen molar-refractivity contribution >= 4 is 11.7 Å². The first-order chi connectivity index (χ1) is 13.5. The van der Waals surface area contributed by atoms with Crippen molar-refractivity contribution < 1.29 is 24.2 Å². The molecule has 1 aliphatic rings. The molecule has 0 spiro atoms. The molecule has 1 unspecified atom stereocenters. The van der Waals surface area contributed by atoms with Gasteiger partial charge in [-0.05, 0) is 63.5 Å². The number of rotatable bonds is 11. The van der Waals surface area contributed by atoms with E-state index < -0.39 is 6.10 Å². The van der Waals surface area contributed by atoms with Gasteiger partial charge < -0.3 is 24.8 Å². The van der Waals surface area contributed by atoms with Crippen molar-refractivity contribution in [1.82, 2.24) is 10.2 Å². The Labute approximate surface area is 167 Å². The standard InChI is InChI=1S/C21H32N2O5/c1-16(24)17-4-6-20(7-5-17)28-15-19(25)14-23-11-8-18(9-12-23)21(26)22-10-3-13-27-2/h4-7,18-19,25H,3,8-15H2,1-2H3,(H,22,26). The Morgan fingerprint density at radius 1 is 1.25 bits per heavy atom. The van der Waals surface area contributed by atoms with Crippen LogP contribution in [-0.2, 0) is 9.53 Å². The molecule has 1 atom stereocenters. The fraction of sp³-hybridized carbons (Fsp3) is 0.619. The van der Waals surface area contributed by atoms with E-state index in [1.54, 1.807) is 31.4 Å². The number of β-amino-alcohol motifs (C(OH)–C–C–N with tert-alkyl or cyclic N) is 1. The van der Waals surface area contributed by atoms with E-state index in [1.807, 2.05) is 0 Å². The number of aliphatic hydroxyl groups is 1. The van der Waals surface area contributed by atoms with Crippen LogP contribution in [0.2, 0.25) is 0 Å². The van der Waals surface area contributed by atoms with Gasteiger partial charge in [-0.3, -0.25) is 9.59 Å². The molecule has 1 aromatic carbocycles. The molecular weight excluding hydrogens is 360 g/mol. The second kappa shape index (κ2) is 11.8. The molecule has 1 aliphatic heterocycles. The predicted molar refractivity (Wildman–Crippen MR) is 107 cm³/mol. The van der Waals surface area contributed by atoms with Crippen LogP contribution in [0.25, 0.3) is 0 Å². The molecule has 0 bridgehead atoms. The van der Waals surface area contributed by atoms with Gasteiger partial charge in [0.2, 0.25) is 5.91 Å². The third-order valence-corrected chi connectivity index (χ3v) is 4.96. The highest BCUT2D eigenvalue weighted by Gasteiger charge is 2.25. The number of likely N-dealkylation sites (tertiary alicyclic amines) is 1. The van der Waals surface area contributed by atoms with Gasteiger partial charge in [0.25, 0.3) is 0 Å². The lowest BCUT2D eigenvalue weighted by Gasteiger charge is -2.32. The Balaban J connectivity index is 1.64. The minimum Gasteiger partial charge on any atom is -0.491 e. The second-order valence-electron chi connectivity index (χ2n) is 7.26. The lowest BCUT2D eigenvalue weighted by molar-refractivity contribution is -0.126. The Morgan fingerprint density at radius 2 is 1.93 bits per heavy atom. The van der Waals surface area contributed by atoms with Crippen LogP contribution < -0.4 is 10.1 Å². The number of aliphatic hydroxyl groups excluding tert-OH is 1. The molecule has 0 saturated carbocycles. The quantitative estimate of drug-likeness (QED) is 0.438. The average Bonchev–Trinajstić information content (AvgIpc) is 2.70. The zero-order chi connectivity index (χ0) is 20.4. The Morgan fingerprint density at radius 3 is 2.54 bits per heavy atom. The molecule has 1 fully saturated rings. The summed E-state index contributed by atoms with van der Waals surface area (Å²) >= 11 is 0. The van der Waals surface area contributed by atoms with Crippen LogP contribution in [0, 0.1) is 5.92 Å². The first kappa shape index (κ1) is 22.3. The lowest BCUT2D eigenvalue weighted by atomic mass is 9.95. The molecule has 1 aromatic rings. The van der Waals surface area contributed by atoms with Gasteiger partial charge in [-0.1, -0.05) is 0 Å². The van der Waals surface area contributed by atoms with Crippen molar-refractivity contribution in [1.29, 1.82) is 0 Å². The first-order valence-electron chi connectivity index (χ1n) is 9.90. The number of hydrogen-bond acceptors (Lipinski definition) is 6. The maximum Gasteiger partial charge on any atom is 0.223 e. The van der Waals surface area contributed by atoms with Gasteiger partial charge in [0, 0.05) is 38.3 Å². The molecule has 0 aliphatic carbocycles. The Bertz CT molecular complexity index is 612. The Hall–Kier alpha value is -1.96. The van der Waals surface area contributed by atoms with Crippen LogP contribution in [0.3, 0.4) is 0 Å². The van der Waals surface area contributed by atoms with Gasteiger partial charge in [-0.25, -0.2) is 0 Å². The Kier molecular flexibility index (Phi) is 9.40. The molecule has 1 amide bonds. The molecule has 28 heavy (non-hydrogen) atoms. The fourth-order valence-electron chi connectivity index (χ4n) is 3.28. The average molecular weight is 392 g/mol. The summed E-state index contributed by atoms with van der Waals surface area (Å²) in [4.78, 5) is 25.6. The molecule has 7 heteroatoms. The summed E-state index contributed by atoms with van der Waals surface area (Å²) in [5.41, 5.74) is 0.638. The molecule has 7 nitrogen and oxygen atoms in total. The number of benzene rings is 1. The number of nitrogens with one attached hydrogen (secondary N) is 1. The molecule has 0 aromatic heterocycles. The summed E-state index contributed by atoms with van der Waals surface area (Å²) in [7, 11) is 1.65. The van der Waals surface area contributed by atoms with Gasteiger partial charge in [-0.15, -0.1) is 0 Å². The van der Waals surface area contributed by atoms with Gasteiger partial charge in [0.15, 0.2) is 5.78 Å². The summed E-state index contributed by atoms with van der Waals surface area (Å²) in [6.45, 7) is 5.12. The van der Waals surface area contributed by atoms with E-state index in [0.29, 0.717) is 31.0 Å². The van der Waals surface area contributed by atoms with Gasteiger partial charge in [0.05, 0.1) is 0 Å². The van der Waals surface area contributed by atoms with Crippen molar-refractivity contribution in [3.05, 3.63) is 29.8 Å². The summed E-state index contributed by atoms with van der Waals surface area (Å²) in [6.07, 6.45) is 1.82. The van der Waals surface area contributed by atoms with E-state index in [2.05, 4.69) is 10.2 Å². The molecule has 2 N–H and O–H groups in total. The van der Waals surface area contributed by atoms with E-state index >= 15 is 0 Å². The number of amides is 1. The second-order valence-corrected chi connectivity index (χ2v) is 7.26. The molecular formula is C21H32N2O5. The first-order valence-corrected chi connectivity index (χ1v) is 9.90. The number of ether oxygens (including phenoxy) is 2. The van der Waals surface area contributed by atoms with E-state index in [4.69, 9.17) is 9.47 Å². The summed E-state index contributed by atoms with van der Waals surface area (Å²) in [5.74, 6) is 0.812. The highest BCUT2D eigenvalue weighted by Crippen LogP contribution is 2.18. The van der Waals surface area contributed by atoms with Gasteiger partial charge in [-0.2, -0.15) is 0 Å². The minimum absolute atomic E-state index is 0.0126. The van der Waals surface area contributed by atoms with Crippen molar-refractivity contribution in [2.24, 2.45) is 5.92 Å². The summed E-state index contributed by atoms with van der Waals surface area (Å²) in [6, 6.07) is 6.91. The van der Waals surface area contributed by atoms with E-state index in [-0.39, 0.29) is 24.2 Å². The third-order valence-electron chi connectivity index (χ3n) is 4.96. The zero-order valence-electron chi connectivity index (χ0n) is 16.9. The molecule has 0 radical (unpaired) electrons. The van der Waals surface area contributed by atoms with Gasteiger partial charge >= 0.3 is 0 Å². The van der Waals surface area contributed by atoms with Crippen LogP contribution in [0.15, 0.2) is 24.3 Å². The van der Waals surface area contributed by atoms with Gasteiger partial charge in [0.1, 0.15) is 18.5 Å². The predicted octanol–water partition coefficient (Wildman–Crippen LogP) is 1.49. The number of nitrogens with zero attached hydrogens (tertiary/aromatic N) is 1. The van der Waals surface area contributed by atoms with Crippen LogP contribution in [0.5, 0.6) is 5.75 Å². The summed E-state index contributed by atoms with van der Waals surface area (Å²) < 4.78 is 10.6. The number of methoxy groups -OCH3 is 1. The molecule has 1 heterocycles. The number of carbonyl (C=O) groups is 2. The molecule has 156 valence electrons. The number of ketones is 1. The van der Waals surface area contributed by atoms with E-state index in [0.717, 1.165) is 32.4 Å². The van der Waals surface area contributed by atoms with Crippen molar-refractivity contribution in [3.63, 3.8) is 0 Å². The van der Waals surface area contributed by atoms with Crippen LogP contribution in [-0.4, -0.2) is 74.3 Å². The highest BCUT2D eigenvalue weighted by atomic mass is 16.5. The van der Waals surface area contributed by atoms with E-state index in [9.17, 15) is 14.7 Å². The number of Topliss-reactive ketones (excluding diaryl/α,β-unsaturated/α-hetero) is 1. The SMILES string of the molecule is COCCCNC(=O)C1CCN(CC(O)COc2ccc(C(C)=O)cc2)CC1. The third kappa shape index (κ3) is 7.58. The maximum absolute atomic E-state index is 12.2. The zero-order valence-corrected chi connectivity index (χ0v) is 16.9. The number of piperidine rings is 1. The highest BCUT2D eigenvalue weighted by molar-refractivity contribution is 5.94. The molecule has 1 saturated heterocycles. The minimum atomic E-state index is -0.605. The topological polar surface area (TPSA) is 88.1 Å². The number of carbonyl (C=O) groups excluding carboxylic acids is 2. The monoisotopic (exact) mass is 392 g/mol. The summed E-state index contributed by atoms with van der Waals surface area (Å²) in [5, 5.41) is 13.2. The normalized spacial score (nSPS) is 16.5. The van der Waals surface area contributed by atoms with Crippen molar-refractivity contribution in [3.8, 4) is 5.75 Å². The lowest BCUT2D eigenvalue weighted by Crippen LogP contribution is -2.44. The van der Waals surface area contributed by atoms with Crippen LogP contribution in [0.4, 0.5) is 0 Å².